The molecule has 1 aliphatic rings. The zero-order chi connectivity index (χ0) is 25.6. The Morgan fingerprint density at radius 1 is 1.11 bits per heavy atom. The average molecular weight is 524 g/mol. The highest BCUT2D eigenvalue weighted by atomic mass is 35.5. The van der Waals surface area contributed by atoms with Crippen LogP contribution in [0.15, 0.2) is 48.5 Å². The summed E-state index contributed by atoms with van der Waals surface area (Å²) >= 11 is 6.35. The maximum absolute atomic E-state index is 13.6. The third kappa shape index (κ3) is 7.18. The molecule has 2 amide bonds. The highest BCUT2D eigenvalue weighted by Crippen LogP contribution is 2.23. The summed E-state index contributed by atoms with van der Waals surface area (Å²) in [5.41, 5.74) is 0.797. The van der Waals surface area contributed by atoms with Crippen LogP contribution in [0.2, 0.25) is 5.02 Å². The number of halogens is 2. The van der Waals surface area contributed by atoms with Gasteiger partial charge in [-0.15, -0.1) is 0 Å². The lowest BCUT2D eigenvalue weighted by atomic mass is 10.1. The number of rotatable bonds is 10. The third-order valence-corrected chi connectivity index (χ3v) is 7.69. The first-order chi connectivity index (χ1) is 16.6. The molecular formula is C25H31ClFN3O4S. The van der Waals surface area contributed by atoms with Crippen LogP contribution < -0.4 is 9.62 Å². The molecular weight excluding hydrogens is 493 g/mol. The van der Waals surface area contributed by atoms with E-state index in [1.807, 2.05) is 0 Å². The number of amides is 2. The van der Waals surface area contributed by atoms with Crippen LogP contribution in [-0.2, 0) is 26.2 Å². The number of nitrogens with one attached hydrogen (secondary N) is 1. The van der Waals surface area contributed by atoms with Gasteiger partial charge in [0, 0.05) is 17.6 Å². The molecule has 2 aromatic rings. The van der Waals surface area contributed by atoms with Gasteiger partial charge >= 0.3 is 0 Å². The predicted octanol–water partition coefficient (Wildman–Crippen LogP) is 4.11. The standard InChI is InChI=1S/C25H31ClFN3O4S/c1-3-23(25(32)28-20-9-5-6-10-20)29(16-18-8-4-7-11-22(18)26)24(31)17-30(35(2,33)34)21-14-12-19(27)13-15-21/h4,7-8,11-15,20,23H,3,5-6,9-10,16-17H2,1-2H3,(H,28,32)/t23-/m0/s1. The monoisotopic (exact) mass is 523 g/mol. The minimum absolute atomic E-state index is 0.0378. The summed E-state index contributed by atoms with van der Waals surface area (Å²) in [6.07, 6.45) is 5.20. The Morgan fingerprint density at radius 2 is 1.74 bits per heavy atom. The zero-order valence-electron chi connectivity index (χ0n) is 19.9. The van der Waals surface area contributed by atoms with Gasteiger partial charge in [-0.2, -0.15) is 0 Å². The number of carbonyl (C=O) groups excluding carboxylic acids is 2. The molecule has 1 saturated carbocycles. The topological polar surface area (TPSA) is 86.8 Å². The fourth-order valence-electron chi connectivity index (χ4n) is 4.32. The van der Waals surface area contributed by atoms with Crippen molar-refractivity contribution in [3.05, 3.63) is 64.9 Å². The van der Waals surface area contributed by atoms with Crippen LogP contribution in [0.5, 0.6) is 0 Å². The van der Waals surface area contributed by atoms with Crippen LogP contribution >= 0.6 is 11.6 Å². The molecule has 3 rings (SSSR count). The number of anilines is 1. The van der Waals surface area contributed by atoms with Crippen molar-refractivity contribution in [3.8, 4) is 0 Å². The second-order valence-corrected chi connectivity index (χ2v) is 11.1. The molecule has 7 nitrogen and oxygen atoms in total. The molecule has 0 unspecified atom stereocenters. The van der Waals surface area contributed by atoms with E-state index in [2.05, 4.69) is 5.32 Å². The van der Waals surface area contributed by atoms with Crippen LogP contribution in [0.4, 0.5) is 10.1 Å². The fraction of sp³-hybridized carbons (Fsp3) is 0.440. The van der Waals surface area contributed by atoms with Crippen LogP contribution in [0, 0.1) is 5.82 Å². The molecule has 1 fully saturated rings. The SMILES string of the molecule is CC[C@@H](C(=O)NC1CCCC1)N(Cc1ccccc1Cl)C(=O)CN(c1ccc(F)cc1)S(C)(=O)=O. The summed E-state index contributed by atoms with van der Waals surface area (Å²) in [5.74, 6) is -1.36. The molecule has 1 atom stereocenters. The molecule has 0 radical (unpaired) electrons. The van der Waals surface area contributed by atoms with Gasteiger partial charge in [-0.3, -0.25) is 13.9 Å². The first kappa shape index (κ1) is 26.9. The number of hydrogen-bond acceptors (Lipinski definition) is 4. The Balaban J connectivity index is 1.92. The summed E-state index contributed by atoms with van der Waals surface area (Å²) in [4.78, 5) is 28.2. The minimum Gasteiger partial charge on any atom is -0.352 e. The Hall–Kier alpha value is -2.65. The van der Waals surface area contributed by atoms with Crippen LogP contribution in [0.3, 0.4) is 0 Å². The molecule has 10 heteroatoms. The summed E-state index contributed by atoms with van der Waals surface area (Å²) in [5, 5.41) is 3.49. The molecule has 0 spiro atoms. The van der Waals surface area contributed by atoms with Gasteiger partial charge in [0.1, 0.15) is 18.4 Å². The van der Waals surface area contributed by atoms with Crippen molar-refractivity contribution in [2.45, 2.75) is 57.7 Å². The third-order valence-electron chi connectivity index (χ3n) is 6.18. The quantitative estimate of drug-likeness (QED) is 0.507. The Morgan fingerprint density at radius 3 is 2.31 bits per heavy atom. The van der Waals surface area contributed by atoms with E-state index in [-0.39, 0.29) is 24.2 Å². The van der Waals surface area contributed by atoms with Gasteiger partial charge in [-0.05, 0) is 55.2 Å². The summed E-state index contributed by atoms with van der Waals surface area (Å²) in [7, 11) is -3.87. The lowest BCUT2D eigenvalue weighted by Gasteiger charge is -2.33. The highest BCUT2D eigenvalue weighted by Gasteiger charge is 2.33. The second kappa shape index (κ2) is 11.9. The zero-order valence-corrected chi connectivity index (χ0v) is 21.5. The summed E-state index contributed by atoms with van der Waals surface area (Å²) in [6, 6.07) is 11.1. The minimum atomic E-state index is -3.87. The lowest BCUT2D eigenvalue weighted by Crippen LogP contribution is -2.53. The van der Waals surface area contributed by atoms with E-state index in [0.29, 0.717) is 17.0 Å². The van der Waals surface area contributed by atoms with E-state index in [0.717, 1.165) is 48.4 Å². The highest BCUT2D eigenvalue weighted by molar-refractivity contribution is 7.92. The van der Waals surface area contributed by atoms with E-state index in [1.165, 1.54) is 17.0 Å². The average Bonchev–Trinajstić information content (AvgIpc) is 3.31. The lowest BCUT2D eigenvalue weighted by molar-refractivity contribution is -0.140. The van der Waals surface area contributed by atoms with Crippen LogP contribution in [-0.4, -0.2) is 50.0 Å². The molecule has 0 aromatic heterocycles. The van der Waals surface area contributed by atoms with Gasteiger partial charge in [-0.25, -0.2) is 12.8 Å². The first-order valence-electron chi connectivity index (χ1n) is 11.7. The molecule has 35 heavy (non-hydrogen) atoms. The molecule has 0 aliphatic heterocycles. The number of hydrogen-bond donors (Lipinski definition) is 1. The number of nitrogens with zero attached hydrogens (tertiary/aromatic N) is 2. The number of sulfonamides is 1. The molecule has 0 saturated heterocycles. The molecule has 1 N–H and O–H groups in total. The Bertz CT molecular complexity index is 1140. The molecule has 190 valence electrons. The van der Waals surface area contributed by atoms with Gasteiger partial charge in [-0.1, -0.05) is 49.6 Å². The van der Waals surface area contributed by atoms with Gasteiger partial charge in [0.2, 0.25) is 21.8 Å². The van der Waals surface area contributed by atoms with Crippen molar-refractivity contribution in [2.24, 2.45) is 0 Å². The van der Waals surface area contributed by atoms with Gasteiger partial charge in [0.05, 0.1) is 11.9 Å². The van der Waals surface area contributed by atoms with Crippen LogP contribution in [0.1, 0.15) is 44.6 Å². The fourth-order valence-corrected chi connectivity index (χ4v) is 5.36. The predicted molar refractivity (Wildman–Crippen MR) is 135 cm³/mol. The van der Waals surface area contributed by atoms with Gasteiger partial charge in [0.25, 0.3) is 0 Å². The maximum Gasteiger partial charge on any atom is 0.244 e. The van der Waals surface area contributed by atoms with Crippen molar-refractivity contribution < 1.29 is 22.4 Å². The normalized spacial score (nSPS) is 15.0. The smallest absolute Gasteiger partial charge is 0.244 e. The maximum atomic E-state index is 13.6. The van der Waals surface area contributed by atoms with Crippen molar-refractivity contribution in [1.82, 2.24) is 10.2 Å². The number of benzene rings is 2. The van der Waals surface area contributed by atoms with E-state index >= 15 is 0 Å². The molecule has 0 heterocycles. The van der Waals surface area contributed by atoms with Crippen molar-refractivity contribution >= 4 is 39.1 Å². The van der Waals surface area contributed by atoms with E-state index in [9.17, 15) is 22.4 Å². The van der Waals surface area contributed by atoms with E-state index in [1.54, 1.807) is 31.2 Å². The number of carbonyl (C=O) groups is 2. The molecule has 0 bridgehead atoms. The summed E-state index contributed by atoms with van der Waals surface area (Å²) in [6.45, 7) is 1.30. The van der Waals surface area contributed by atoms with Crippen LogP contribution in [0.25, 0.3) is 0 Å². The molecule has 2 aromatic carbocycles. The molecule has 1 aliphatic carbocycles. The summed E-state index contributed by atoms with van der Waals surface area (Å²) < 4.78 is 39.4. The van der Waals surface area contributed by atoms with Crippen molar-refractivity contribution in [2.75, 3.05) is 17.1 Å². The Labute approximate surface area is 211 Å². The van der Waals surface area contributed by atoms with Crippen molar-refractivity contribution in [3.63, 3.8) is 0 Å². The van der Waals surface area contributed by atoms with E-state index in [4.69, 9.17) is 11.6 Å². The largest absolute Gasteiger partial charge is 0.352 e. The Kier molecular flexibility index (Phi) is 9.13. The van der Waals surface area contributed by atoms with Gasteiger partial charge < -0.3 is 10.2 Å². The first-order valence-corrected chi connectivity index (χ1v) is 13.9. The van der Waals surface area contributed by atoms with E-state index < -0.39 is 34.3 Å². The van der Waals surface area contributed by atoms with Gasteiger partial charge in [0.15, 0.2) is 0 Å². The second-order valence-electron chi connectivity index (χ2n) is 8.77. The van der Waals surface area contributed by atoms with Crippen molar-refractivity contribution in [1.29, 1.82) is 0 Å².